The molecule has 1 atom stereocenters. The molecule has 1 aromatic heterocycles. The van der Waals surface area contributed by atoms with Gasteiger partial charge in [0, 0.05) is 44.4 Å². The summed E-state index contributed by atoms with van der Waals surface area (Å²) in [6.07, 6.45) is 1.74. The molecule has 8 nitrogen and oxygen atoms in total. The third kappa shape index (κ3) is 6.00. The lowest BCUT2D eigenvalue weighted by Gasteiger charge is -2.42. The zero-order chi connectivity index (χ0) is 24.2. The molecule has 0 saturated carbocycles. The molecule has 0 spiro atoms. The summed E-state index contributed by atoms with van der Waals surface area (Å²) in [7, 11) is 3.91. The normalized spacial score (nSPS) is 18.5. The van der Waals surface area contributed by atoms with Crippen molar-refractivity contribution in [3.63, 3.8) is 0 Å². The predicted octanol–water partition coefficient (Wildman–Crippen LogP) is 2.70. The van der Waals surface area contributed by atoms with E-state index in [1.54, 1.807) is 26.0 Å². The molecule has 3 rings (SSSR count). The summed E-state index contributed by atoms with van der Waals surface area (Å²) >= 11 is 0. The molecule has 1 aliphatic rings. The van der Waals surface area contributed by atoms with Crippen LogP contribution in [-0.2, 0) is 15.0 Å². The number of amides is 2. The number of piperidine rings is 1. The van der Waals surface area contributed by atoms with Gasteiger partial charge in [0.2, 0.25) is 5.91 Å². The first-order valence-corrected chi connectivity index (χ1v) is 11.3. The van der Waals surface area contributed by atoms with Gasteiger partial charge in [-0.3, -0.25) is 9.59 Å². The van der Waals surface area contributed by atoms with Crippen molar-refractivity contribution in [3.8, 4) is 5.75 Å². The number of nitrogens with zero attached hydrogens (tertiary/aromatic N) is 4. The summed E-state index contributed by atoms with van der Waals surface area (Å²) in [5, 5.41) is 2.83. The average molecular weight is 454 g/mol. The minimum Gasteiger partial charge on any atom is -0.484 e. The lowest BCUT2D eigenvalue weighted by Crippen LogP contribution is -2.60. The molecule has 178 valence electrons. The number of hydrogen-bond donors (Lipinski definition) is 1. The van der Waals surface area contributed by atoms with Crippen molar-refractivity contribution in [1.29, 1.82) is 0 Å². The van der Waals surface area contributed by atoms with Crippen molar-refractivity contribution >= 4 is 17.6 Å². The number of rotatable bonds is 7. The number of benzene rings is 1. The number of para-hydroxylation sites is 1. The van der Waals surface area contributed by atoms with Crippen LogP contribution in [0.1, 0.15) is 45.1 Å². The minimum absolute atomic E-state index is 0.123. The third-order valence-corrected chi connectivity index (χ3v) is 5.92. The second-order valence-corrected chi connectivity index (χ2v) is 9.75. The van der Waals surface area contributed by atoms with Crippen molar-refractivity contribution < 1.29 is 14.3 Å². The van der Waals surface area contributed by atoms with E-state index in [0.717, 1.165) is 30.2 Å². The Morgan fingerprint density at radius 2 is 1.91 bits per heavy atom. The van der Waals surface area contributed by atoms with Gasteiger partial charge in [0.05, 0.1) is 0 Å². The highest BCUT2D eigenvalue weighted by molar-refractivity contribution is 5.91. The molecule has 1 fully saturated rings. The lowest BCUT2D eigenvalue weighted by atomic mass is 9.80. The molecule has 1 aliphatic heterocycles. The molecule has 0 radical (unpaired) electrons. The summed E-state index contributed by atoms with van der Waals surface area (Å²) in [6, 6.07) is 11.1. The van der Waals surface area contributed by atoms with Crippen LogP contribution in [0.4, 0.5) is 5.82 Å². The second kappa shape index (κ2) is 9.77. The summed E-state index contributed by atoms with van der Waals surface area (Å²) < 4.78 is 5.51. The smallest absolute Gasteiger partial charge is 0.258 e. The van der Waals surface area contributed by atoms with Crippen LogP contribution >= 0.6 is 0 Å². The maximum absolute atomic E-state index is 13.4. The number of aromatic nitrogens is 2. The second-order valence-electron chi connectivity index (χ2n) is 9.75. The zero-order valence-corrected chi connectivity index (χ0v) is 20.5. The van der Waals surface area contributed by atoms with Gasteiger partial charge in [-0.1, -0.05) is 25.1 Å². The summed E-state index contributed by atoms with van der Waals surface area (Å²) in [6.45, 7) is 8.53. The maximum atomic E-state index is 13.4. The summed E-state index contributed by atoms with van der Waals surface area (Å²) in [5.41, 5.74) is -0.516. The Bertz CT molecular complexity index is 993. The molecule has 2 amide bonds. The fraction of sp³-hybridized carbons (Fsp3) is 0.520. The largest absolute Gasteiger partial charge is 0.484 e. The SMILES string of the molecule is Cc1cc(N(C)C)nc(C2(C)CCCN(C(=O)C(C)(C)NC(=O)COc3ccccc3)C2)n1. The molecular weight excluding hydrogens is 418 g/mol. The summed E-state index contributed by atoms with van der Waals surface area (Å²) in [4.78, 5) is 39.2. The van der Waals surface area contributed by atoms with Crippen LogP contribution in [0.15, 0.2) is 36.4 Å². The van der Waals surface area contributed by atoms with Crippen LogP contribution in [-0.4, -0.2) is 66.0 Å². The number of aryl methyl sites for hydroxylation is 1. The highest BCUT2D eigenvalue weighted by Crippen LogP contribution is 2.33. The number of nitrogens with one attached hydrogen (secondary N) is 1. The highest BCUT2D eigenvalue weighted by atomic mass is 16.5. The van der Waals surface area contributed by atoms with Gasteiger partial charge in [0.15, 0.2) is 6.61 Å². The predicted molar refractivity (Wildman–Crippen MR) is 128 cm³/mol. The Kier molecular flexibility index (Phi) is 7.25. The van der Waals surface area contributed by atoms with Crippen molar-refractivity contribution in [2.24, 2.45) is 0 Å². The average Bonchev–Trinajstić information content (AvgIpc) is 2.77. The zero-order valence-electron chi connectivity index (χ0n) is 20.5. The lowest BCUT2D eigenvalue weighted by molar-refractivity contribution is -0.142. The van der Waals surface area contributed by atoms with Crippen LogP contribution in [0.2, 0.25) is 0 Å². The molecular formula is C25H35N5O3. The van der Waals surface area contributed by atoms with Gasteiger partial charge in [-0.25, -0.2) is 9.97 Å². The Morgan fingerprint density at radius 1 is 1.21 bits per heavy atom. The number of carbonyl (C=O) groups is 2. The standard InChI is InChI=1S/C25H35N5O3/c1-18-15-20(29(5)6)27-22(26-18)25(4)13-10-14-30(17-25)23(32)24(2,3)28-21(31)16-33-19-11-8-7-9-12-19/h7-9,11-12,15H,10,13-14,16-17H2,1-6H3,(H,28,31). The molecule has 2 aromatic rings. The van der Waals surface area contributed by atoms with Crippen molar-refractivity contribution in [3.05, 3.63) is 47.9 Å². The molecule has 1 saturated heterocycles. The van der Waals surface area contributed by atoms with E-state index in [2.05, 4.69) is 12.2 Å². The van der Waals surface area contributed by atoms with E-state index in [4.69, 9.17) is 14.7 Å². The van der Waals surface area contributed by atoms with Gasteiger partial charge in [0.25, 0.3) is 5.91 Å². The Labute approximate surface area is 196 Å². The van der Waals surface area contributed by atoms with Gasteiger partial charge in [-0.05, 0) is 45.7 Å². The van der Waals surface area contributed by atoms with Gasteiger partial charge in [-0.15, -0.1) is 0 Å². The molecule has 1 N–H and O–H groups in total. The third-order valence-electron chi connectivity index (χ3n) is 5.92. The molecule has 33 heavy (non-hydrogen) atoms. The summed E-state index contributed by atoms with van der Waals surface area (Å²) in [5.74, 6) is 1.76. The fourth-order valence-electron chi connectivity index (χ4n) is 4.15. The van der Waals surface area contributed by atoms with Crippen LogP contribution in [0.25, 0.3) is 0 Å². The molecule has 1 unspecified atom stereocenters. The monoisotopic (exact) mass is 453 g/mol. The molecule has 2 heterocycles. The van der Waals surface area contributed by atoms with Crippen LogP contribution in [0.5, 0.6) is 5.75 Å². The first kappa shape index (κ1) is 24.5. The first-order valence-electron chi connectivity index (χ1n) is 11.3. The molecule has 0 bridgehead atoms. The number of carbonyl (C=O) groups excluding carboxylic acids is 2. The minimum atomic E-state index is -1.06. The van der Waals surface area contributed by atoms with Crippen molar-refractivity contribution in [2.75, 3.05) is 38.7 Å². The van der Waals surface area contributed by atoms with Gasteiger partial charge < -0.3 is 19.9 Å². The number of hydrogen-bond acceptors (Lipinski definition) is 6. The Hall–Kier alpha value is -3.16. The van der Waals surface area contributed by atoms with Gasteiger partial charge in [0.1, 0.15) is 22.9 Å². The van der Waals surface area contributed by atoms with E-state index in [-0.39, 0.29) is 23.8 Å². The quantitative estimate of drug-likeness (QED) is 0.694. The number of ether oxygens (including phenoxy) is 1. The number of likely N-dealkylation sites (tertiary alicyclic amines) is 1. The molecule has 8 heteroatoms. The van der Waals surface area contributed by atoms with E-state index in [9.17, 15) is 9.59 Å². The van der Waals surface area contributed by atoms with Crippen LogP contribution in [0, 0.1) is 6.92 Å². The van der Waals surface area contributed by atoms with E-state index in [0.29, 0.717) is 18.8 Å². The van der Waals surface area contributed by atoms with E-state index in [1.807, 2.05) is 55.1 Å². The topological polar surface area (TPSA) is 87.7 Å². The first-order chi connectivity index (χ1) is 15.5. The maximum Gasteiger partial charge on any atom is 0.258 e. The Balaban J connectivity index is 1.68. The van der Waals surface area contributed by atoms with Crippen molar-refractivity contribution in [1.82, 2.24) is 20.2 Å². The molecule has 0 aliphatic carbocycles. The molecule has 1 aromatic carbocycles. The van der Waals surface area contributed by atoms with Crippen LogP contribution < -0.4 is 15.0 Å². The fourth-order valence-corrected chi connectivity index (χ4v) is 4.15. The van der Waals surface area contributed by atoms with E-state index >= 15 is 0 Å². The van der Waals surface area contributed by atoms with E-state index in [1.165, 1.54) is 0 Å². The van der Waals surface area contributed by atoms with Gasteiger partial charge in [-0.2, -0.15) is 0 Å². The van der Waals surface area contributed by atoms with Crippen LogP contribution in [0.3, 0.4) is 0 Å². The van der Waals surface area contributed by atoms with Gasteiger partial charge >= 0.3 is 0 Å². The van der Waals surface area contributed by atoms with E-state index < -0.39 is 5.54 Å². The Morgan fingerprint density at radius 3 is 2.58 bits per heavy atom. The number of anilines is 1. The van der Waals surface area contributed by atoms with Crippen molar-refractivity contribution in [2.45, 2.75) is 51.5 Å². The highest BCUT2D eigenvalue weighted by Gasteiger charge is 2.41.